The van der Waals surface area contributed by atoms with Crippen LogP contribution in [0.5, 0.6) is 0 Å². The molecule has 1 nitrogen and oxygen atoms in total. The van der Waals surface area contributed by atoms with Gasteiger partial charge in [0.1, 0.15) is 0 Å². The molecule has 0 unspecified atom stereocenters. The summed E-state index contributed by atoms with van der Waals surface area (Å²) in [6.07, 6.45) is 0. The van der Waals surface area contributed by atoms with Crippen molar-refractivity contribution in [1.82, 2.24) is 0 Å². The molecule has 0 amide bonds. The van der Waals surface area contributed by atoms with Crippen LogP contribution in [0.2, 0.25) is 0 Å². The number of hydrogen-bond acceptors (Lipinski definition) is 2. The minimum Gasteiger partial charge on any atom is -0.309 e. The van der Waals surface area contributed by atoms with Gasteiger partial charge in [-0.15, -0.1) is 11.3 Å². The van der Waals surface area contributed by atoms with E-state index < -0.39 is 5.41 Å². The van der Waals surface area contributed by atoms with E-state index in [1.165, 1.54) is 81.5 Å². The maximum atomic E-state index is 2.52. The standard InChI is InChI=1S/C49H31NS/c1-2-15-32(16-3-1)34-17-7-12-26-44(34)50(33-29-30-47-39(31-33)37-20-8-13-28-46(37)51-47)45-27-14-25-43-48(45)38-21-6-11-24-42(38)49(43)40-22-9-4-18-35(40)36-19-5-10-23-41(36)49/h1-31H. The third-order valence-corrected chi connectivity index (χ3v) is 12.2. The van der Waals surface area contributed by atoms with E-state index in [0.29, 0.717) is 0 Å². The van der Waals surface area contributed by atoms with Crippen molar-refractivity contribution in [2.24, 2.45) is 0 Å². The number of hydrogen-bond donors (Lipinski definition) is 0. The summed E-state index contributed by atoms with van der Waals surface area (Å²) in [5.41, 5.74) is 16.1. The van der Waals surface area contributed by atoms with Crippen molar-refractivity contribution in [3.05, 3.63) is 210 Å². The molecule has 51 heavy (non-hydrogen) atoms. The Morgan fingerprint density at radius 1 is 0.373 bits per heavy atom. The second-order valence-corrected chi connectivity index (χ2v) is 14.7. The average molecular weight is 666 g/mol. The lowest BCUT2D eigenvalue weighted by Crippen LogP contribution is -2.26. The molecule has 0 bridgehead atoms. The molecule has 2 aliphatic carbocycles. The Hall–Kier alpha value is -6.22. The van der Waals surface area contributed by atoms with Crippen LogP contribution in [0.4, 0.5) is 17.1 Å². The van der Waals surface area contributed by atoms with Gasteiger partial charge in [0, 0.05) is 37.0 Å². The Morgan fingerprint density at radius 2 is 0.922 bits per heavy atom. The number of nitrogens with zero attached hydrogens (tertiary/aromatic N) is 1. The average Bonchev–Trinajstić information content (AvgIpc) is 3.83. The number of anilines is 3. The van der Waals surface area contributed by atoms with E-state index in [4.69, 9.17) is 0 Å². The van der Waals surface area contributed by atoms with Crippen molar-refractivity contribution in [2.45, 2.75) is 5.41 Å². The molecule has 0 saturated heterocycles. The lowest BCUT2D eigenvalue weighted by Gasteiger charge is -2.32. The molecule has 0 aliphatic heterocycles. The van der Waals surface area contributed by atoms with Crippen molar-refractivity contribution < 1.29 is 0 Å². The molecule has 1 heterocycles. The first kappa shape index (κ1) is 28.6. The molecule has 0 atom stereocenters. The van der Waals surface area contributed by atoms with Crippen molar-refractivity contribution in [2.75, 3.05) is 4.90 Å². The second kappa shape index (κ2) is 10.9. The summed E-state index contributed by atoms with van der Waals surface area (Å²) in [5.74, 6) is 0. The van der Waals surface area contributed by atoms with Gasteiger partial charge in [-0.1, -0.05) is 152 Å². The molecule has 11 rings (SSSR count). The van der Waals surface area contributed by atoms with E-state index in [1.54, 1.807) is 0 Å². The van der Waals surface area contributed by atoms with Crippen molar-refractivity contribution in [3.8, 4) is 33.4 Å². The van der Waals surface area contributed by atoms with Crippen molar-refractivity contribution in [1.29, 1.82) is 0 Å². The molecule has 0 saturated carbocycles. The largest absolute Gasteiger partial charge is 0.309 e. The van der Waals surface area contributed by atoms with Crippen LogP contribution in [0.1, 0.15) is 22.3 Å². The minimum atomic E-state index is -0.409. The predicted octanol–water partition coefficient (Wildman–Crippen LogP) is 13.5. The Morgan fingerprint density at radius 3 is 1.69 bits per heavy atom. The van der Waals surface area contributed by atoms with E-state index in [0.717, 1.165) is 11.4 Å². The molecule has 1 aromatic heterocycles. The molecule has 1 spiro atoms. The van der Waals surface area contributed by atoms with E-state index in [2.05, 4.69) is 193 Å². The van der Waals surface area contributed by atoms with E-state index in [9.17, 15) is 0 Å². The van der Waals surface area contributed by atoms with Gasteiger partial charge in [-0.2, -0.15) is 0 Å². The first-order chi connectivity index (χ1) is 25.3. The summed E-state index contributed by atoms with van der Waals surface area (Å²) in [7, 11) is 0. The maximum absolute atomic E-state index is 2.52. The molecule has 9 aromatic rings. The topological polar surface area (TPSA) is 3.24 Å². The van der Waals surface area contributed by atoms with E-state index >= 15 is 0 Å². The Balaban J connectivity index is 1.25. The van der Waals surface area contributed by atoms with Gasteiger partial charge < -0.3 is 4.90 Å². The maximum Gasteiger partial charge on any atom is 0.0726 e. The second-order valence-electron chi connectivity index (χ2n) is 13.6. The highest BCUT2D eigenvalue weighted by atomic mass is 32.1. The van der Waals surface area contributed by atoms with Gasteiger partial charge in [0.05, 0.1) is 16.8 Å². The number of fused-ring (bicyclic) bond motifs is 13. The monoisotopic (exact) mass is 665 g/mol. The smallest absolute Gasteiger partial charge is 0.0726 e. The number of benzene rings is 8. The Labute approximate surface area is 301 Å². The van der Waals surface area contributed by atoms with Gasteiger partial charge in [0.15, 0.2) is 0 Å². The number of thiophene rings is 1. The minimum absolute atomic E-state index is 0.409. The zero-order valence-electron chi connectivity index (χ0n) is 27.8. The molecular formula is C49H31NS. The zero-order chi connectivity index (χ0) is 33.5. The van der Waals surface area contributed by atoms with Crippen LogP contribution in [0.25, 0.3) is 53.6 Å². The summed E-state index contributed by atoms with van der Waals surface area (Å²) in [6, 6.07) is 69.7. The first-order valence-electron chi connectivity index (χ1n) is 17.6. The van der Waals surface area contributed by atoms with Gasteiger partial charge in [-0.25, -0.2) is 0 Å². The lowest BCUT2D eigenvalue weighted by atomic mass is 9.70. The summed E-state index contributed by atoms with van der Waals surface area (Å²) < 4.78 is 2.62. The van der Waals surface area contributed by atoms with Gasteiger partial charge in [0.25, 0.3) is 0 Å². The third-order valence-electron chi connectivity index (χ3n) is 11.1. The van der Waals surface area contributed by atoms with Gasteiger partial charge in [0.2, 0.25) is 0 Å². The highest BCUT2D eigenvalue weighted by Crippen LogP contribution is 2.64. The van der Waals surface area contributed by atoms with Crippen LogP contribution in [0.3, 0.4) is 0 Å². The van der Waals surface area contributed by atoms with Crippen LogP contribution < -0.4 is 4.90 Å². The molecule has 0 fully saturated rings. The zero-order valence-corrected chi connectivity index (χ0v) is 28.6. The Bertz CT molecular complexity index is 2780. The van der Waals surface area contributed by atoms with Gasteiger partial charge in [-0.05, 0) is 80.9 Å². The molecule has 2 heteroatoms. The quantitative estimate of drug-likeness (QED) is 0.181. The molecule has 0 N–H and O–H groups in total. The van der Waals surface area contributed by atoms with Crippen LogP contribution in [0.15, 0.2) is 188 Å². The molecule has 0 radical (unpaired) electrons. The lowest BCUT2D eigenvalue weighted by molar-refractivity contribution is 0.794. The predicted molar refractivity (Wildman–Crippen MR) is 216 cm³/mol. The van der Waals surface area contributed by atoms with Gasteiger partial charge >= 0.3 is 0 Å². The summed E-state index contributed by atoms with van der Waals surface area (Å²) in [4.78, 5) is 2.52. The molecular weight excluding hydrogens is 635 g/mol. The van der Waals surface area contributed by atoms with Crippen molar-refractivity contribution >= 4 is 48.6 Å². The van der Waals surface area contributed by atoms with Crippen LogP contribution in [0, 0.1) is 0 Å². The first-order valence-corrected chi connectivity index (χ1v) is 18.4. The number of para-hydroxylation sites is 1. The van der Waals surface area contributed by atoms with E-state index in [1.807, 2.05) is 11.3 Å². The highest BCUT2D eigenvalue weighted by molar-refractivity contribution is 7.25. The number of rotatable bonds is 4. The Kier molecular flexibility index (Phi) is 6.11. The fraction of sp³-hybridized carbons (Fsp3) is 0.0204. The van der Waals surface area contributed by atoms with Crippen LogP contribution in [-0.4, -0.2) is 0 Å². The summed E-state index contributed by atoms with van der Waals surface area (Å²) in [6.45, 7) is 0. The van der Waals surface area contributed by atoms with E-state index in [-0.39, 0.29) is 0 Å². The molecule has 2 aliphatic rings. The third kappa shape index (κ3) is 3.91. The molecule has 238 valence electrons. The van der Waals surface area contributed by atoms with Crippen LogP contribution in [-0.2, 0) is 5.41 Å². The SMILES string of the molecule is c1ccc(-c2ccccc2N(c2ccc3sc4ccccc4c3c2)c2cccc3c2-c2ccccc2C32c3ccccc3-c3ccccc32)cc1. The fourth-order valence-electron chi connectivity index (χ4n) is 9.10. The normalized spacial score (nSPS) is 13.3. The molecule has 8 aromatic carbocycles. The summed E-state index contributed by atoms with van der Waals surface area (Å²) >= 11 is 1.87. The fourth-order valence-corrected chi connectivity index (χ4v) is 10.2. The van der Waals surface area contributed by atoms with Gasteiger partial charge in [-0.3, -0.25) is 0 Å². The van der Waals surface area contributed by atoms with Crippen molar-refractivity contribution in [3.63, 3.8) is 0 Å². The van der Waals surface area contributed by atoms with Crippen LogP contribution >= 0.6 is 11.3 Å². The summed E-state index contributed by atoms with van der Waals surface area (Å²) in [5, 5.41) is 2.59. The highest BCUT2D eigenvalue weighted by Gasteiger charge is 2.52.